The molecule has 0 saturated carbocycles. The van der Waals surface area contributed by atoms with Crippen molar-refractivity contribution in [3.05, 3.63) is 53.1 Å². The summed E-state index contributed by atoms with van der Waals surface area (Å²) in [5.74, 6) is 0.0286. The monoisotopic (exact) mass is 354 g/mol. The fourth-order valence-electron chi connectivity index (χ4n) is 3.38. The summed E-state index contributed by atoms with van der Waals surface area (Å²) in [4.78, 5) is 20.0. The molecule has 0 radical (unpaired) electrons. The molecule has 5 nitrogen and oxygen atoms in total. The summed E-state index contributed by atoms with van der Waals surface area (Å²) in [6, 6.07) is 8.27. The van der Waals surface area contributed by atoms with E-state index in [0.717, 1.165) is 37.2 Å². The lowest BCUT2D eigenvalue weighted by Gasteiger charge is -2.24. The number of hydrogen-bond donors (Lipinski definition) is 3. The number of carbonyl (C=O) groups excluding carboxylic acids is 1. The molecule has 2 heterocycles. The lowest BCUT2D eigenvalue weighted by atomic mass is 10.0. The molecule has 0 fully saturated rings. The van der Waals surface area contributed by atoms with Crippen LogP contribution in [0.3, 0.4) is 0 Å². The van der Waals surface area contributed by atoms with Crippen molar-refractivity contribution in [2.45, 2.75) is 31.3 Å². The zero-order valence-corrected chi connectivity index (χ0v) is 14.2. The molecule has 1 aromatic carbocycles. The number of aromatic amines is 1. The SMILES string of the molecule is Cl.Cl.O=C(NC1Cc2ccccc2C1)C1NCCc2[nH]cnc21. The van der Waals surface area contributed by atoms with Gasteiger partial charge in [0.1, 0.15) is 6.04 Å². The van der Waals surface area contributed by atoms with Gasteiger partial charge in [0.2, 0.25) is 5.91 Å². The van der Waals surface area contributed by atoms with Gasteiger partial charge in [0, 0.05) is 24.7 Å². The summed E-state index contributed by atoms with van der Waals surface area (Å²) in [6.45, 7) is 0.804. The highest BCUT2D eigenvalue weighted by molar-refractivity contribution is 5.85. The van der Waals surface area contributed by atoms with Crippen LogP contribution in [0.5, 0.6) is 0 Å². The third kappa shape index (κ3) is 3.37. The van der Waals surface area contributed by atoms with Crippen LogP contribution in [-0.4, -0.2) is 28.5 Å². The van der Waals surface area contributed by atoms with Gasteiger partial charge in [-0.25, -0.2) is 4.98 Å². The van der Waals surface area contributed by atoms with Gasteiger partial charge in [-0.1, -0.05) is 24.3 Å². The zero-order valence-electron chi connectivity index (χ0n) is 12.5. The minimum Gasteiger partial charge on any atom is -0.351 e. The Morgan fingerprint density at radius 3 is 2.57 bits per heavy atom. The van der Waals surface area contributed by atoms with Crippen molar-refractivity contribution in [2.75, 3.05) is 6.54 Å². The van der Waals surface area contributed by atoms with Gasteiger partial charge in [-0.05, 0) is 24.0 Å². The van der Waals surface area contributed by atoms with Crippen LogP contribution in [0.1, 0.15) is 28.6 Å². The summed E-state index contributed by atoms with van der Waals surface area (Å²) in [5, 5.41) is 6.43. The van der Waals surface area contributed by atoms with Gasteiger partial charge < -0.3 is 15.6 Å². The number of imidazole rings is 1. The molecule has 1 amide bonds. The number of nitrogens with one attached hydrogen (secondary N) is 3. The van der Waals surface area contributed by atoms with E-state index in [1.807, 2.05) is 0 Å². The van der Waals surface area contributed by atoms with Crippen molar-refractivity contribution in [1.82, 2.24) is 20.6 Å². The smallest absolute Gasteiger partial charge is 0.243 e. The molecule has 124 valence electrons. The van der Waals surface area contributed by atoms with Crippen LogP contribution >= 0.6 is 24.8 Å². The third-order valence-electron chi connectivity index (χ3n) is 4.41. The lowest BCUT2D eigenvalue weighted by Crippen LogP contribution is -2.45. The molecule has 3 N–H and O–H groups in total. The number of H-pyrrole nitrogens is 1. The number of nitrogens with zero attached hydrogens (tertiary/aromatic N) is 1. The third-order valence-corrected chi connectivity index (χ3v) is 4.41. The number of aromatic nitrogens is 2. The molecule has 23 heavy (non-hydrogen) atoms. The van der Waals surface area contributed by atoms with Crippen LogP contribution in [0.15, 0.2) is 30.6 Å². The van der Waals surface area contributed by atoms with E-state index in [1.165, 1.54) is 11.1 Å². The number of hydrogen-bond acceptors (Lipinski definition) is 3. The molecular formula is C16H20Cl2N4O. The van der Waals surface area contributed by atoms with Gasteiger partial charge in [-0.3, -0.25) is 4.79 Å². The van der Waals surface area contributed by atoms with E-state index in [9.17, 15) is 4.79 Å². The molecule has 2 aliphatic rings. The Bertz CT molecular complexity index is 663. The van der Waals surface area contributed by atoms with Gasteiger partial charge >= 0.3 is 0 Å². The first-order chi connectivity index (χ1) is 10.3. The van der Waals surface area contributed by atoms with Crippen molar-refractivity contribution < 1.29 is 4.79 Å². The topological polar surface area (TPSA) is 69.8 Å². The summed E-state index contributed by atoms with van der Waals surface area (Å²) < 4.78 is 0. The molecule has 1 aromatic heterocycles. The molecule has 1 atom stereocenters. The molecule has 4 rings (SSSR count). The maximum atomic E-state index is 12.5. The maximum Gasteiger partial charge on any atom is 0.243 e. The van der Waals surface area contributed by atoms with Crippen molar-refractivity contribution in [3.8, 4) is 0 Å². The highest BCUT2D eigenvalue weighted by Crippen LogP contribution is 2.23. The Morgan fingerprint density at radius 1 is 1.17 bits per heavy atom. The zero-order chi connectivity index (χ0) is 14.2. The van der Waals surface area contributed by atoms with Gasteiger partial charge in [-0.2, -0.15) is 0 Å². The van der Waals surface area contributed by atoms with Gasteiger partial charge in [0.05, 0.1) is 12.0 Å². The molecule has 1 aliphatic carbocycles. The lowest BCUT2D eigenvalue weighted by molar-refractivity contribution is -0.124. The number of fused-ring (bicyclic) bond motifs is 2. The minimum atomic E-state index is -0.330. The van der Waals surface area contributed by atoms with Gasteiger partial charge in [-0.15, -0.1) is 24.8 Å². The Hall–Kier alpha value is -1.56. The minimum absolute atomic E-state index is 0. The van der Waals surface area contributed by atoms with E-state index in [1.54, 1.807) is 6.33 Å². The normalized spacial score (nSPS) is 19.0. The first-order valence-corrected chi connectivity index (χ1v) is 7.44. The molecule has 0 spiro atoms. The largest absolute Gasteiger partial charge is 0.351 e. The van der Waals surface area contributed by atoms with E-state index in [-0.39, 0.29) is 42.8 Å². The Balaban J connectivity index is 0.000000960. The number of amides is 1. The Labute approximate surface area is 147 Å². The van der Waals surface area contributed by atoms with Crippen molar-refractivity contribution in [1.29, 1.82) is 0 Å². The highest BCUT2D eigenvalue weighted by Gasteiger charge is 2.31. The molecular weight excluding hydrogens is 335 g/mol. The van der Waals surface area contributed by atoms with Crippen molar-refractivity contribution in [3.63, 3.8) is 0 Å². The highest BCUT2D eigenvalue weighted by atomic mass is 35.5. The number of carbonyl (C=O) groups is 1. The van der Waals surface area contributed by atoms with Crippen LogP contribution in [0.25, 0.3) is 0 Å². The first-order valence-electron chi connectivity index (χ1n) is 7.44. The standard InChI is InChI=1S/C16H18N4O.2ClH/c21-16(15-14-13(5-6-17-15)18-9-19-14)20-12-7-10-3-1-2-4-11(10)8-12;;/h1-4,9,12,15,17H,5-8H2,(H,18,19)(H,20,21);2*1H. The average molecular weight is 355 g/mol. The molecule has 0 saturated heterocycles. The fourth-order valence-corrected chi connectivity index (χ4v) is 3.38. The Morgan fingerprint density at radius 2 is 1.87 bits per heavy atom. The van der Waals surface area contributed by atoms with E-state index in [0.29, 0.717) is 0 Å². The summed E-state index contributed by atoms with van der Waals surface area (Å²) >= 11 is 0. The average Bonchev–Trinajstić information content (AvgIpc) is 3.12. The van der Waals surface area contributed by atoms with E-state index >= 15 is 0 Å². The number of halogens is 2. The number of benzene rings is 1. The van der Waals surface area contributed by atoms with Gasteiger partial charge in [0.15, 0.2) is 0 Å². The maximum absolute atomic E-state index is 12.5. The van der Waals surface area contributed by atoms with E-state index in [2.05, 4.69) is 44.9 Å². The molecule has 7 heteroatoms. The second-order valence-electron chi connectivity index (χ2n) is 5.79. The van der Waals surface area contributed by atoms with E-state index in [4.69, 9.17) is 0 Å². The first kappa shape index (κ1) is 17.8. The molecule has 1 unspecified atom stereocenters. The summed E-state index contributed by atoms with van der Waals surface area (Å²) in [6.07, 6.45) is 4.40. The van der Waals surface area contributed by atoms with Crippen LogP contribution in [0.2, 0.25) is 0 Å². The molecule has 0 bridgehead atoms. The number of rotatable bonds is 2. The predicted octanol–water partition coefficient (Wildman–Crippen LogP) is 1.72. The quantitative estimate of drug-likeness (QED) is 0.768. The van der Waals surface area contributed by atoms with Crippen LogP contribution in [0, 0.1) is 0 Å². The molecule has 2 aromatic rings. The van der Waals surface area contributed by atoms with Crippen molar-refractivity contribution >= 4 is 30.7 Å². The van der Waals surface area contributed by atoms with Crippen molar-refractivity contribution in [2.24, 2.45) is 0 Å². The second kappa shape index (κ2) is 7.34. The summed E-state index contributed by atoms with van der Waals surface area (Å²) in [7, 11) is 0. The van der Waals surface area contributed by atoms with Crippen LogP contribution in [0.4, 0.5) is 0 Å². The predicted molar refractivity (Wildman–Crippen MR) is 93.3 cm³/mol. The van der Waals surface area contributed by atoms with Crippen LogP contribution < -0.4 is 10.6 Å². The van der Waals surface area contributed by atoms with Crippen LogP contribution in [-0.2, 0) is 24.1 Å². The molecule has 1 aliphatic heterocycles. The fraction of sp³-hybridized carbons (Fsp3) is 0.375. The second-order valence-corrected chi connectivity index (χ2v) is 5.79. The van der Waals surface area contributed by atoms with E-state index < -0.39 is 0 Å². The van der Waals surface area contributed by atoms with Gasteiger partial charge in [0.25, 0.3) is 0 Å². The Kier molecular flexibility index (Phi) is 5.68. The summed E-state index contributed by atoms with van der Waals surface area (Å²) in [5.41, 5.74) is 4.61.